The Morgan fingerprint density at radius 1 is 1.26 bits per heavy atom. The van der Waals surface area contributed by atoms with Crippen LogP contribution in [0, 0.1) is 5.92 Å². The van der Waals surface area contributed by atoms with Gasteiger partial charge in [-0.3, -0.25) is 4.79 Å². The molecule has 3 aliphatic rings. The minimum Gasteiger partial charge on any atom is -0.493 e. The predicted molar refractivity (Wildman–Crippen MR) is 103 cm³/mol. The fraction of sp³-hybridized carbons (Fsp3) is 0.591. The van der Waals surface area contributed by atoms with Gasteiger partial charge in [0.1, 0.15) is 0 Å². The first-order chi connectivity index (χ1) is 13.1. The number of ketones is 1. The fourth-order valence-electron chi connectivity index (χ4n) is 5.36. The number of allylic oxidation sites excluding steroid dienone is 1. The minimum atomic E-state index is -0.235. The standard InChI is InChI=1S/C22H29NO4/c1-5-10-27-21-18(25-3)7-6-14-11-16-15-12-19(26-4)17(24)13-22(15,20(14)21)8-9-23(16)2/h6-7,12,15-16H,5,8-11,13H2,1-4H3/t15-,16+,22-/m1/s1. The van der Waals surface area contributed by atoms with E-state index in [1.54, 1.807) is 14.2 Å². The molecule has 1 aromatic carbocycles. The van der Waals surface area contributed by atoms with E-state index in [2.05, 4.69) is 31.0 Å². The Kier molecular flexibility index (Phi) is 4.66. The molecule has 0 spiro atoms. The number of likely N-dealkylation sites (N-methyl/N-ethyl adjacent to an activating group) is 1. The summed E-state index contributed by atoms with van der Waals surface area (Å²) in [7, 11) is 5.47. The highest BCUT2D eigenvalue weighted by Crippen LogP contribution is 2.57. The van der Waals surface area contributed by atoms with Crippen LogP contribution in [0.15, 0.2) is 24.0 Å². The summed E-state index contributed by atoms with van der Waals surface area (Å²) < 4.78 is 17.3. The first-order valence-electron chi connectivity index (χ1n) is 9.88. The lowest BCUT2D eigenvalue weighted by Gasteiger charge is -2.56. The van der Waals surface area contributed by atoms with Gasteiger partial charge in [0, 0.05) is 29.4 Å². The molecule has 0 radical (unpaired) electrons. The summed E-state index contributed by atoms with van der Waals surface area (Å²) in [4.78, 5) is 15.3. The van der Waals surface area contributed by atoms with Crippen molar-refractivity contribution in [3.05, 3.63) is 35.1 Å². The van der Waals surface area contributed by atoms with Crippen LogP contribution < -0.4 is 9.47 Å². The van der Waals surface area contributed by atoms with E-state index >= 15 is 0 Å². The summed E-state index contributed by atoms with van der Waals surface area (Å²) in [6, 6.07) is 4.55. The SMILES string of the molecule is CCCOc1c(OC)ccc2c1[C@@]13CCN(C)[C@@H](C2)[C@H]1C=C(OC)C(=O)C3. The van der Waals surface area contributed by atoms with Crippen molar-refractivity contribution in [3.63, 3.8) is 0 Å². The van der Waals surface area contributed by atoms with Crippen molar-refractivity contribution in [2.45, 2.75) is 44.1 Å². The molecule has 1 heterocycles. The van der Waals surface area contributed by atoms with Crippen LogP contribution in [0.2, 0.25) is 0 Å². The predicted octanol–water partition coefficient (Wildman–Crippen LogP) is 3.10. The van der Waals surface area contributed by atoms with Gasteiger partial charge >= 0.3 is 0 Å². The van der Waals surface area contributed by atoms with Gasteiger partial charge in [-0.2, -0.15) is 0 Å². The van der Waals surface area contributed by atoms with Gasteiger partial charge in [0.15, 0.2) is 23.0 Å². The van der Waals surface area contributed by atoms with Crippen molar-refractivity contribution >= 4 is 5.78 Å². The van der Waals surface area contributed by atoms with E-state index in [1.807, 2.05) is 6.07 Å². The molecule has 2 aliphatic carbocycles. The maximum atomic E-state index is 12.9. The first kappa shape index (κ1) is 18.4. The van der Waals surface area contributed by atoms with Gasteiger partial charge in [-0.05, 0) is 50.6 Å². The number of nitrogens with zero attached hydrogens (tertiary/aromatic N) is 1. The van der Waals surface area contributed by atoms with Crippen LogP contribution >= 0.6 is 0 Å². The van der Waals surface area contributed by atoms with Gasteiger partial charge in [-0.15, -0.1) is 0 Å². The summed E-state index contributed by atoms with van der Waals surface area (Å²) in [6.07, 6.45) is 5.38. The van der Waals surface area contributed by atoms with Gasteiger partial charge in [0.2, 0.25) is 0 Å². The van der Waals surface area contributed by atoms with Crippen LogP contribution in [-0.2, 0) is 21.4 Å². The lowest BCUT2D eigenvalue weighted by Crippen LogP contribution is -2.60. The number of methoxy groups -OCH3 is 2. The van der Waals surface area contributed by atoms with E-state index in [4.69, 9.17) is 14.2 Å². The smallest absolute Gasteiger partial charge is 0.197 e. The number of hydrogen-bond acceptors (Lipinski definition) is 5. The Morgan fingerprint density at radius 2 is 2.07 bits per heavy atom. The molecule has 0 N–H and O–H groups in total. The molecular formula is C22H29NO4. The van der Waals surface area contributed by atoms with Crippen LogP contribution in [0.5, 0.6) is 11.5 Å². The number of carbonyl (C=O) groups excluding carboxylic acids is 1. The fourth-order valence-corrected chi connectivity index (χ4v) is 5.36. The van der Waals surface area contributed by atoms with Crippen molar-refractivity contribution in [3.8, 4) is 11.5 Å². The van der Waals surface area contributed by atoms with Crippen molar-refractivity contribution in [2.24, 2.45) is 5.92 Å². The number of fused-ring (bicyclic) bond motifs is 1. The van der Waals surface area contributed by atoms with Crippen molar-refractivity contribution in [2.75, 3.05) is 34.4 Å². The van der Waals surface area contributed by atoms with Crippen molar-refractivity contribution in [1.82, 2.24) is 4.90 Å². The van der Waals surface area contributed by atoms with Gasteiger partial charge in [0.05, 0.1) is 20.8 Å². The number of benzene rings is 1. The number of hydrogen-bond donors (Lipinski definition) is 0. The van der Waals surface area contributed by atoms with Crippen molar-refractivity contribution in [1.29, 1.82) is 0 Å². The molecule has 2 bridgehead atoms. The highest BCUT2D eigenvalue weighted by Gasteiger charge is 2.56. The molecule has 0 amide bonds. The molecular weight excluding hydrogens is 342 g/mol. The topological polar surface area (TPSA) is 48.0 Å². The Labute approximate surface area is 161 Å². The maximum Gasteiger partial charge on any atom is 0.197 e. The molecule has 0 unspecified atom stereocenters. The summed E-state index contributed by atoms with van der Waals surface area (Å²) in [5.41, 5.74) is 2.25. The lowest BCUT2D eigenvalue weighted by molar-refractivity contribution is -0.122. The minimum absolute atomic E-state index is 0.0918. The van der Waals surface area contributed by atoms with Crippen LogP contribution in [0.3, 0.4) is 0 Å². The number of likely N-dealkylation sites (tertiary alicyclic amines) is 1. The third-order valence-corrected chi connectivity index (χ3v) is 6.64. The zero-order valence-corrected chi connectivity index (χ0v) is 16.7. The number of carbonyl (C=O) groups is 1. The number of piperidine rings is 1. The average Bonchev–Trinajstić information content (AvgIpc) is 2.68. The van der Waals surface area contributed by atoms with Crippen LogP contribution in [0.4, 0.5) is 0 Å². The van der Waals surface area contributed by atoms with E-state index in [0.717, 1.165) is 37.3 Å². The third kappa shape index (κ3) is 2.66. The quantitative estimate of drug-likeness (QED) is 0.796. The second kappa shape index (κ2) is 6.86. The van der Waals surface area contributed by atoms with E-state index in [9.17, 15) is 4.79 Å². The van der Waals surface area contributed by atoms with E-state index < -0.39 is 0 Å². The van der Waals surface area contributed by atoms with Gasteiger partial charge in [0.25, 0.3) is 0 Å². The average molecular weight is 371 g/mol. The molecule has 0 saturated carbocycles. The zero-order chi connectivity index (χ0) is 19.2. The highest BCUT2D eigenvalue weighted by molar-refractivity contribution is 5.96. The second-order valence-electron chi connectivity index (χ2n) is 8.00. The molecule has 1 fully saturated rings. The molecule has 0 aromatic heterocycles. The molecule has 1 aliphatic heterocycles. The number of rotatable bonds is 5. The highest BCUT2D eigenvalue weighted by atomic mass is 16.5. The zero-order valence-electron chi connectivity index (χ0n) is 16.7. The van der Waals surface area contributed by atoms with Crippen LogP contribution in [-0.4, -0.2) is 51.1 Å². The molecule has 146 valence electrons. The van der Waals surface area contributed by atoms with E-state index in [-0.39, 0.29) is 17.1 Å². The van der Waals surface area contributed by atoms with Gasteiger partial charge in [-0.25, -0.2) is 0 Å². The molecule has 5 nitrogen and oxygen atoms in total. The monoisotopic (exact) mass is 371 g/mol. The lowest BCUT2D eigenvalue weighted by atomic mass is 9.53. The third-order valence-electron chi connectivity index (χ3n) is 6.64. The molecule has 5 heteroatoms. The Hall–Kier alpha value is -2.01. The second-order valence-corrected chi connectivity index (χ2v) is 8.00. The summed E-state index contributed by atoms with van der Waals surface area (Å²) in [5, 5.41) is 0. The molecule has 4 rings (SSSR count). The first-order valence-corrected chi connectivity index (χ1v) is 9.88. The summed E-state index contributed by atoms with van der Waals surface area (Å²) >= 11 is 0. The Balaban J connectivity index is 1.94. The molecule has 3 atom stereocenters. The van der Waals surface area contributed by atoms with Crippen molar-refractivity contribution < 1.29 is 19.0 Å². The van der Waals surface area contributed by atoms with Crippen LogP contribution in [0.1, 0.15) is 37.3 Å². The Bertz CT molecular complexity index is 787. The Morgan fingerprint density at radius 3 is 2.78 bits per heavy atom. The van der Waals surface area contributed by atoms with E-state index in [0.29, 0.717) is 24.8 Å². The van der Waals surface area contributed by atoms with Gasteiger partial charge in [-0.1, -0.05) is 13.0 Å². The maximum absolute atomic E-state index is 12.9. The molecule has 1 saturated heterocycles. The summed E-state index contributed by atoms with van der Waals surface area (Å²) in [6.45, 7) is 3.73. The number of Topliss-reactive ketones (excluding diaryl/α,β-unsaturated/α-hetero) is 1. The normalized spacial score (nSPS) is 29.5. The van der Waals surface area contributed by atoms with Gasteiger partial charge < -0.3 is 19.1 Å². The molecule has 1 aromatic rings. The largest absolute Gasteiger partial charge is 0.493 e. The van der Waals surface area contributed by atoms with E-state index in [1.165, 1.54) is 11.1 Å². The number of ether oxygens (including phenoxy) is 3. The van der Waals surface area contributed by atoms with Crippen LogP contribution in [0.25, 0.3) is 0 Å². The summed E-state index contributed by atoms with van der Waals surface area (Å²) in [5.74, 6) is 2.45. The molecule has 27 heavy (non-hydrogen) atoms.